The molecule has 6 atom stereocenters. The van der Waals surface area contributed by atoms with Gasteiger partial charge in [0.25, 0.3) is 0 Å². The summed E-state index contributed by atoms with van der Waals surface area (Å²) in [6.07, 6.45) is 31.0. The van der Waals surface area contributed by atoms with Crippen LogP contribution in [0.25, 0.3) is 0 Å². The molecule has 0 spiro atoms. The van der Waals surface area contributed by atoms with E-state index in [1.54, 1.807) is 0 Å². The minimum Gasteiger partial charge on any atom is -0.457 e. The van der Waals surface area contributed by atoms with E-state index in [9.17, 15) is 28.5 Å². The van der Waals surface area contributed by atoms with Crippen molar-refractivity contribution in [2.24, 2.45) is 0 Å². The molecule has 58 heavy (non-hydrogen) atoms. The summed E-state index contributed by atoms with van der Waals surface area (Å²) in [7, 11) is -5.06. The molecule has 0 amide bonds. The Bertz CT molecular complexity index is 1070. The third-order valence-electron chi connectivity index (χ3n) is 10.9. The van der Waals surface area contributed by atoms with Crippen molar-refractivity contribution < 1.29 is 56.2 Å². The molecule has 0 bridgehead atoms. The topological polar surface area (TPSA) is 178 Å². The molecular weight excluding hydrogens is 765 g/mol. The summed E-state index contributed by atoms with van der Waals surface area (Å²) in [6.45, 7) is 4.00. The number of esters is 1. The van der Waals surface area contributed by atoms with Crippen LogP contribution >= 0.6 is 0 Å². The summed E-state index contributed by atoms with van der Waals surface area (Å²) in [5.41, 5.74) is 0. The molecule has 1 saturated heterocycles. The van der Waals surface area contributed by atoms with Crippen molar-refractivity contribution in [3.05, 3.63) is 12.2 Å². The molecule has 1 rings (SSSR count). The van der Waals surface area contributed by atoms with Gasteiger partial charge in [0.1, 0.15) is 30.5 Å². The highest BCUT2D eigenvalue weighted by molar-refractivity contribution is 7.80. The lowest BCUT2D eigenvalue weighted by atomic mass is 9.99. The normalized spacial score (nSPS) is 20.6. The SMILES string of the molecule is CCCCCCC/C=C\CCCCCCCCOCC(COC1OC(CO)C(O)C(OS(=O)(=O)O)C1O)OC(=O)CCCCCCCCCCCCCCCCCC. The van der Waals surface area contributed by atoms with Crippen molar-refractivity contribution in [1.82, 2.24) is 0 Å². The second-order valence-electron chi connectivity index (χ2n) is 16.4. The van der Waals surface area contributed by atoms with E-state index >= 15 is 0 Å². The second-order valence-corrected chi connectivity index (χ2v) is 17.4. The Kier molecular flexibility index (Phi) is 35.6. The molecule has 0 aromatic heterocycles. The second kappa shape index (κ2) is 37.6. The van der Waals surface area contributed by atoms with Gasteiger partial charge in [0.05, 0.1) is 19.8 Å². The maximum absolute atomic E-state index is 12.9. The molecular formula is C45H86O12S. The first kappa shape index (κ1) is 54.9. The zero-order valence-electron chi connectivity index (χ0n) is 36.6. The van der Waals surface area contributed by atoms with Gasteiger partial charge in [-0.1, -0.05) is 174 Å². The van der Waals surface area contributed by atoms with Gasteiger partial charge in [0, 0.05) is 13.0 Å². The molecule has 1 aliphatic heterocycles. The molecule has 344 valence electrons. The molecule has 1 fully saturated rings. The Morgan fingerprint density at radius 2 is 1.09 bits per heavy atom. The van der Waals surface area contributed by atoms with Gasteiger partial charge in [0.15, 0.2) is 6.29 Å². The van der Waals surface area contributed by atoms with Gasteiger partial charge >= 0.3 is 16.4 Å². The third kappa shape index (κ3) is 30.8. The van der Waals surface area contributed by atoms with Crippen molar-refractivity contribution in [2.45, 2.75) is 243 Å². The maximum atomic E-state index is 12.9. The van der Waals surface area contributed by atoms with Crippen LogP contribution in [-0.4, -0.2) is 97.5 Å². The largest absolute Gasteiger partial charge is 0.457 e. The van der Waals surface area contributed by atoms with Crippen molar-refractivity contribution in [1.29, 1.82) is 0 Å². The van der Waals surface area contributed by atoms with Crippen LogP contribution in [0.5, 0.6) is 0 Å². The smallest absolute Gasteiger partial charge is 0.397 e. The number of hydrogen-bond acceptors (Lipinski definition) is 11. The number of allylic oxidation sites excluding steroid dienone is 2. The van der Waals surface area contributed by atoms with Crippen molar-refractivity contribution in [3.8, 4) is 0 Å². The van der Waals surface area contributed by atoms with Crippen LogP contribution in [-0.2, 0) is 38.3 Å². The summed E-state index contributed by atoms with van der Waals surface area (Å²) >= 11 is 0. The van der Waals surface area contributed by atoms with Crippen LogP contribution in [0.4, 0.5) is 0 Å². The van der Waals surface area contributed by atoms with Crippen LogP contribution in [0.15, 0.2) is 12.2 Å². The predicted octanol–water partition coefficient (Wildman–Crippen LogP) is 9.86. The number of carbonyl (C=O) groups is 1. The minimum atomic E-state index is -5.06. The summed E-state index contributed by atoms with van der Waals surface area (Å²) in [5.74, 6) is -0.397. The fraction of sp³-hybridized carbons (Fsp3) is 0.933. The lowest BCUT2D eigenvalue weighted by Crippen LogP contribution is -2.60. The summed E-state index contributed by atoms with van der Waals surface area (Å²) in [5, 5.41) is 30.7. The molecule has 0 aromatic carbocycles. The highest BCUT2D eigenvalue weighted by atomic mass is 32.3. The molecule has 12 nitrogen and oxygen atoms in total. The van der Waals surface area contributed by atoms with E-state index < -0.39 is 59.8 Å². The van der Waals surface area contributed by atoms with E-state index in [2.05, 4.69) is 30.2 Å². The Balaban J connectivity index is 2.41. The van der Waals surface area contributed by atoms with E-state index in [1.807, 2.05) is 0 Å². The van der Waals surface area contributed by atoms with E-state index in [0.717, 1.165) is 44.9 Å². The molecule has 0 aliphatic carbocycles. The fourth-order valence-electron chi connectivity index (χ4n) is 7.32. The highest BCUT2D eigenvalue weighted by Gasteiger charge is 2.48. The number of aliphatic hydroxyl groups is 3. The van der Waals surface area contributed by atoms with Gasteiger partial charge in [-0.25, -0.2) is 4.18 Å². The van der Waals surface area contributed by atoms with Crippen molar-refractivity contribution in [2.75, 3.05) is 26.4 Å². The lowest BCUT2D eigenvalue weighted by Gasteiger charge is -2.41. The number of carbonyl (C=O) groups excluding carboxylic acids is 1. The summed E-state index contributed by atoms with van der Waals surface area (Å²) in [6, 6.07) is 0. The van der Waals surface area contributed by atoms with Gasteiger partial charge in [-0.05, 0) is 38.5 Å². The van der Waals surface area contributed by atoms with Gasteiger partial charge in [0.2, 0.25) is 0 Å². The Hall–Kier alpha value is -1.16. The molecule has 13 heteroatoms. The highest BCUT2D eigenvalue weighted by Crippen LogP contribution is 2.26. The predicted molar refractivity (Wildman–Crippen MR) is 230 cm³/mol. The third-order valence-corrected chi connectivity index (χ3v) is 11.4. The zero-order valence-corrected chi connectivity index (χ0v) is 37.4. The Morgan fingerprint density at radius 3 is 1.55 bits per heavy atom. The number of unbranched alkanes of at least 4 members (excludes halogenated alkanes) is 26. The van der Waals surface area contributed by atoms with Gasteiger partial charge in [-0.2, -0.15) is 8.42 Å². The molecule has 1 aliphatic rings. The fourth-order valence-corrected chi connectivity index (χ4v) is 7.82. The minimum absolute atomic E-state index is 0.0372. The average Bonchev–Trinajstić information content (AvgIpc) is 3.19. The molecule has 4 N–H and O–H groups in total. The number of rotatable bonds is 41. The van der Waals surface area contributed by atoms with Crippen LogP contribution in [0.2, 0.25) is 0 Å². The first-order chi connectivity index (χ1) is 28.1. The van der Waals surface area contributed by atoms with Gasteiger partial charge in [-0.15, -0.1) is 0 Å². The van der Waals surface area contributed by atoms with E-state index in [-0.39, 0.29) is 19.6 Å². The zero-order chi connectivity index (χ0) is 42.5. The first-order valence-electron chi connectivity index (χ1n) is 23.4. The molecule has 0 radical (unpaired) electrons. The first-order valence-corrected chi connectivity index (χ1v) is 24.8. The van der Waals surface area contributed by atoms with Crippen LogP contribution < -0.4 is 0 Å². The molecule has 6 unspecified atom stereocenters. The van der Waals surface area contributed by atoms with E-state index in [0.29, 0.717) is 13.0 Å². The Labute approximate surface area is 353 Å². The number of hydrogen-bond donors (Lipinski definition) is 4. The van der Waals surface area contributed by atoms with Crippen molar-refractivity contribution in [3.63, 3.8) is 0 Å². The average molecular weight is 851 g/mol. The number of aliphatic hydroxyl groups excluding tert-OH is 3. The van der Waals surface area contributed by atoms with Gasteiger partial charge < -0.3 is 34.3 Å². The monoisotopic (exact) mass is 851 g/mol. The molecule has 1 heterocycles. The molecule has 0 aromatic rings. The van der Waals surface area contributed by atoms with Crippen LogP contribution in [0.1, 0.15) is 206 Å². The van der Waals surface area contributed by atoms with E-state index in [4.69, 9.17) is 23.5 Å². The van der Waals surface area contributed by atoms with Crippen LogP contribution in [0.3, 0.4) is 0 Å². The number of ether oxygens (including phenoxy) is 4. The van der Waals surface area contributed by atoms with Crippen molar-refractivity contribution >= 4 is 16.4 Å². The summed E-state index contributed by atoms with van der Waals surface area (Å²) < 4.78 is 59.1. The molecule has 0 saturated carbocycles. The quantitative estimate of drug-likeness (QED) is 0.0198. The summed E-state index contributed by atoms with van der Waals surface area (Å²) in [4.78, 5) is 12.9. The van der Waals surface area contributed by atoms with Crippen LogP contribution in [0, 0.1) is 0 Å². The lowest BCUT2D eigenvalue weighted by molar-refractivity contribution is -0.301. The van der Waals surface area contributed by atoms with Gasteiger partial charge in [-0.3, -0.25) is 9.35 Å². The standard InChI is InChI=1S/C45H86O12S/c1-3-5-7-9-11-13-15-17-19-20-22-24-26-28-30-32-34-41(47)55-39(38-54-45-43(49)44(57-58(50,51)52)42(48)40(36-46)56-45)37-53-35-33-31-29-27-25-23-21-18-16-14-12-10-8-6-4-2/h16,18,39-40,42-46,48-49H,3-15,17,19-38H2,1-2H3,(H,50,51,52)/b18-16-. The van der Waals surface area contributed by atoms with E-state index in [1.165, 1.54) is 135 Å². The maximum Gasteiger partial charge on any atom is 0.397 e. The Morgan fingerprint density at radius 1 is 0.638 bits per heavy atom.